The minimum Gasteiger partial charge on any atom is -0.484 e. The van der Waals surface area contributed by atoms with Crippen LogP contribution >= 0.6 is 0 Å². The van der Waals surface area contributed by atoms with E-state index >= 15 is 0 Å². The molecule has 0 saturated heterocycles. The number of rotatable bonds is 6. The van der Waals surface area contributed by atoms with Gasteiger partial charge in [-0.2, -0.15) is 5.10 Å². The Morgan fingerprint density at radius 1 is 1.19 bits per heavy atom. The maximum atomic E-state index is 12.0. The number of ether oxygens (including phenoxy) is 1. The molecule has 0 unspecified atom stereocenters. The molecule has 0 aliphatic heterocycles. The van der Waals surface area contributed by atoms with Crippen LogP contribution in [0, 0.1) is 13.8 Å². The van der Waals surface area contributed by atoms with E-state index in [9.17, 15) is 4.79 Å². The van der Waals surface area contributed by atoms with Gasteiger partial charge in [-0.3, -0.25) is 4.79 Å². The van der Waals surface area contributed by atoms with Crippen LogP contribution in [0.25, 0.3) is 5.69 Å². The van der Waals surface area contributed by atoms with E-state index in [-0.39, 0.29) is 12.5 Å². The monoisotopic (exact) mass is 364 g/mol. The molecule has 1 heterocycles. The fraction of sp³-hybridized carbons (Fsp3) is 0.211. The van der Waals surface area contributed by atoms with Gasteiger partial charge < -0.3 is 4.74 Å². The maximum Gasteiger partial charge on any atom is 0.277 e. The Hall–Kier alpha value is -3.55. The third-order valence-electron chi connectivity index (χ3n) is 3.79. The Kier molecular flexibility index (Phi) is 5.55. The SMILES string of the molecule is C/C(=N/NC(=O)COc1cc(C)cc(C)c1)c1cccc(-n2cnnn2)c1. The van der Waals surface area contributed by atoms with E-state index in [0.717, 1.165) is 22.4 Å². The van der Waals surface area contributed by atoms with E-state index in [0.29, 0.717) is 11.5 Å². The average molecular weight is 364 g/mol. The molecule has 0 atom stereocenters. The third-order valence-corrected chi connectivity index (χ3v) is 3.79. The third kappa shape index (κ3) is 4.97. The Morgan fingerprint density at radius 3 is 2.67 bits per heavy atom. The van der Waals surface area contributed by atoms with Gasteiger partial charge in [-0.05, 0) is 72.2 Å². The number of carbonyl (C=O) groups excluding carboxylic acids is 1. The van der Waals surface area contributed by atoms with Crippen LogP contribution in [0.4, 0.5) is 0 Å². The summed E-state index contributed by atoms with van der Waals surface area (Å²) in [6, 6.07) is 13.3. The molecule has 8 heteroatoms. The summed E-state index contributed by atoms with van der Waals surface area (Å²) in [6.45, 7) is 5.67. The molecule has 1 amide bonds. The predicted molar refractivity (Wildman–Crippen MR) is 101 cm³/mol. The molecule has 0 fully saturated rings. The highest BCUT2D eigenvalue weighted by Gasteiger charge is 2.05. The van der Waals surface area contributed by atoms with Gasteiger partial charge in [-0.1, -0.05) is 18.2 Å². The number of nitrogens with one attached hydrogen (secondary N) is 1. The molecule has 0 spiro atoms. The lowest BCUT2D eigenvalue weighted by Gasteiger charge is -2.08. The van der Waals surface area contributed by atoms with Crippen molar-refractivity contribution >= 4 is 11.6 Å². The standard InChI is InChI=1S/C19H20N6O2/c1-13-7-14(2)9-18(8-13)27-11-19(26)22-21-15(3)16-5-4-6-17(10-16)25-12-20-23-24-25/h4-10,12H,11H2,1-3H3,(H,22,26)/b21-15-. The zero-order valence-electron chi connectivity index (χ0n) is 15.4. The van der Waals surface area contributed by atoms with Gasteiger partial charge in [-0.15, -0.1) is 5.10 Å². The Bertz CT molecular complexity index is 946. The minimum atomic E-state index is -0.329. The van der Waals surface area contributed by atoms with Crippen LogP contribution in [0.1, 0.15) is 23.6 Å². The van der Waals surface area contributed by atoms with E-state index in [1.165, 1.54) is 6.33 Å². The molecule has 138 valence electrons. The molecule has 27 heavy (non-hydrogen) atoms. The summed E-state index contributed by atoms with van der Waals surface area (Å²) >= 11 is 0. The van der Waals surface area contributed by atoms with Crippen molar-refractivity contribution in [3.05, 3.63) is 65.5 Å². The van der Waals surface area contributed by atoms with Gasteiger partial charge in [-0.25, -0.2) is 10.1 Å². The molecular formula is C19H20N6O2. The highest BCUT2D eigenvalue weighted by atomic mass is 16.5. The van der Waals surface area contributed by atoms with E-state index in [2.05, 4.69) is 26.1 Å². The van der Waals surface area contributed by atoms with Gasteiger partial charge >= 0.3 is 0 Å². The minimum absolute atomic E-state index is 0.107. The second-order valence-electron chi connectivity index (χ2n) is 6.15. The van der Waals surface area contributed by atoms with Crippen LogP contribution in [0.2, 0.25) is 0 Å². The second-order valence-corrected chi connectivity index (χ2v) is 6.15. The van der Waals surface area contributed by atoms with Crippen LogP contribution in [-0.2, 0) is 4.79 Å². The molecule has 0 radical (unpaired) electrons. The molecule has 0 bridgehead atoms. The lowest BCUT2D eigenvalue weighted by molar-refractivity contribution is -0.123. The first-order chi connectivity index (χ1) is 13.0. The molecule has 2 aromatic carbocycles. The topological polar surface area (TPSA) is 94.3 Å². The lowest BCUT2D eigenvalue weighted by atomic mass is 10.1. The van der Waals surface area contributed by atoms with Crippen molar-refractivity contribution in [2.45, 2.75) is 20.8 Å². The van der Waals surface area contributed by atoms with E-state index in [1.807, 2.05) is 63.2 Å². The number of amides is 1. The number of hydrogen-bond acceptors (Lipinski definition) is 6. The molecule has 1 N–H and O–H groups in total. The van der Waals surface area contributed by atoms with Gasteiger partial charge in [0.15, 0.2) is 6.61 Å². The Labute approximate surface area is 156 Å². The molecule has 3 rings (SSSR count). The van der Waals surface area contributed by atoms with Gasteiger partial charge in [0.05, 0.1) is 11.4 Å². The van der Waals surface area contributed by atoms with Crippen molar-refractivity contribution in [1.29, 1.82) is 0 Å². The molecule has 0 aliphatic carbocycles. The zero-order chi connectivity index (χ0) is 19.2. The summed E-state index contributed by atoms with van der Waals surface area (Å²) in [5.74, 6) is 0.336. The maximum absolute atomic E-state index is 12.0. The number of tetrazole rings is 1. The molecule has 3 aromatic rings. The second kappa shape index (κ2) is 8.22. The number of aryl methyl sites for hydroxylation is 2. The molecule has 0 aliphatic rings. The molecule has 1 aromatic heterocycles. The summed E-state index contributed by atoms with van der Waals surface area (Å²) in [7, 11) is 0. The fourth-order valence-electron chi connectivity index (χ4n) is 2.56. The first-order valence-corrected chi connectivity index (χ1v) is 8.39. The highest BCUT2D eigenvalue weighted by molar-refractivity contribution is 5.99. The van der Waals surface area contributed by atoms with Crippen molar-refractivity contribution in [1.82, 2.24) is 25.6 Å². The number of hydrogen-bond donors (Lipinski definition) is 1. The van der Waals surface area contributed by atoms with Crippen LogP contribution < -0.4 is 10.2 Å². The smallest absolute Gasteiger partial charge is 0.277 e. The molecule has 0 saturated carbocycles. The number of carbonyl (C=O) groups is 1. The van der Waals surface area contributed by atoms with Gasteiger partial charge in [0.1, 0.15) is 12.1 Å². The van der Waals surface area contributed by atoms with E-state index in [4.69, 9.17) is 4.74 Å². The average Bonchev–Trinajstić information content (AvgIpc) is 3.18. The van der Waals surface area contributed by atoms with Crippen molar-refractivity contribution in [3.8, 4) is 11.4 Å². The quantitative estimate of drug-likeness (QED) is 0.534. The van der Waals surface area contributed by atoms with Crippen LogP contribution in [0.3, 0.4) is 0 Å². The number of benzene rings is 2. The first kappa shape index (κ1) is 18.2. The van der Waals surface area contributed by atoms with Crippen LogP contribution in [-0.4, -0.2) is 38.4 Å². The van der Waals surface area contributed by atoms with Crippen LogP contribution in [0.5, 0.6) is 5.75 Å². The van der Waals surface area contributed by atoms with Gasteiger partial charge in [0, 0.05) is 0 Å². The fourth-order valence-corrected chi connectivity index (χ4v) is 2.56. The number of nitrogens with zero attached hydrogens (tertiary/aromatic N) is 5. The summed E-state index contributed by atoms with van der Waals surface area (Å²) in [5, 5.41) is 15.2. The summed E-state index contributed by atoms with van der Waals surface area (Å²) in [6.07, 6.45) is 1.51. The summed E-state index contributed by atoms with van der Waals surface area (Å²) in [5.41, 5.74) is 6.99. The van der Waals surface area contributed by atoms with Crippen molar-refractivity contribution in [2.75, 3.05) is 6.61 Å². The number of hydrazone groups is 1. The molecular weight excluding hydrogens is 344 g/mol. The van der Waals surface area contributed by atoms with Crippen LogP contribution in [0.15, 0.2) is 53.9 Å². The summed E-state index contributed by atoms with van der Waals surface area (Å²) < 4.78 is 7.08. The van der Waals surface area contributed by atoms with Crippen molar-refractivity contribution in [3.63, 3.8) is 0 Å². The van der Waals surface area contributed by atoms with Gasteiger partial charge in [0.2, 0.25) is 0 Å². The Balaban J connectivity index is 1.60. The Morgan fingerprint density at radius 2 is 1.96 bits per heavy atom. The first-order valence-electron chi connectivity index (χ1n) is 8.39. The predicted octanol–water partition coefficient (Wildman–Crippen LogP) is 2.20. The van der Waals surface area contributed by atoms with Crippen molar-refractivity contribution < 1.29 is 9.53 Å². The largest absolute Gasteiger partial charge is 0.484 e. The highest BCUT2D eigenvalue weighted by Crippen LogP contribution is 2.16. The zero-order valence-corrected chi connectivity index (χ0v) is 15.4. The van der Waals surface area contributed by atoms with E-state index < -0.39 is 0 Å². The molecule has 8 nitrogen and oxygen atoms in total. The summed E-state index contributed by atoms with van der Waals surface area (Å²) in [4.78, 5) is 12.0. The van der Waals surface area contributed by atoms with Crippen molar-refractivity contribution in [2.24, 2.45) is 5.10 Å². The lowest BCUT2D eigenvalue weighted by Crippen LogP contribution is -2.25. The van der Waals surface area contributed by atoms with Gasteiger partial charge in [0.25, 0.3) is 5.91 Å². The number of aromatic nitrogens is 4. The van der Waals surface area contributed by atoms with E-state index in [1.54, 1.807) is 4.68 Å². The normalized spacial score (nSPS) is 11.3.